The molecule has 2 rings (SSSR count). The van der Waals surface area contributed by atoms with E-state index in [1.807, 2.05) is 0 Å². The summed E-state index contributed by atoms with van der Waals surface area (Å²) in [5, 5.41) is 3.80. The average Bonchev–Trinajstić information content (AvgIpc) is 2.62. The smallest absolute Gasteiger partial charge is 0.287 e. The van der Waals surface area contributed by atoms with Crippen molar-refractivity contribution in [2.24, 2.45) is 5.10 Å². The van der Waals surface area contributed by atoms with E-state index in [4.69, 9.17) is 9.47 Å². The van der Waals surface area contributed by atoms with Crippen molar-refractivity contribution in [3.8, 4) is 11.5 Å². The highest BCUT2D eigenvalue weighted by atomic mass is 16.5. The zero-order valence-electron chi connectivity index (χ0n) is 9.06. The maximum Gasteiger partial charge on any atom is 0.287 e. The van der Waals surface area contributed by atoms with Gasteiger partial charge in [-0.2, -0.15) is 5.10 Å². The highest BCUT2D eigenvalue weighted by molar-refractivity contribution is 6.09. The van der Waals surface area contributed by atoms with Crippen LogP contribution in [-0.4, -0.2) is 24.8 Å². The zero-order chi connectivity index (χ0) is 11.5. The minimum Gasteiger partial charge on any atom is -0.497 e. The number of ether oxygens (including phenoxy) is 2. The van der Waals surface area contributed by atoms with Crippen molar-refractivity contribution in [1.82, 2.24) is 5.43 Å². The van der Waals surface area contributed by atoms with E-state index in [9.17, 15) is 4.79 Å². The number of hydrogen-bond donors (Lipinski definition) is 1. The first-order chi connectivity index (χ1) is 7.70. The number of amides is 1. The number of nitrogens with zero attached hydrogens (tertiary/aromatic N) is 1. The highest BCUT2D eigenvalue weighted by Crippen LogP contribution is 2.19. The van der Waals surface area contributed by atoms with Crippen molar-refractivity contribution in [2.75, 3.05) is 7.11 Å². The Bertz CT molecular complexity index is 425. The summed E-state index contributed by atoms with van der Waals surface area (Å²) >= 11 is 0. The van der Waals surface area contributed by atoms with E-state index in [0.29, 0.717) is 11.5 Å². The Morgan fingerprint density at radius 1 is 1.25 bits per heavy atom. The molecule has 0 saturated heterocycles. The van der Waals surface area contributed by atoms with Crippen LogP contribution >= 0.6 is 0 Å². The van der Waals surface area contributed by atoms with Gasteiger partial charge in [0.1, 0.15) is 11.5 Å². The number of carbonyl (C=O) groups is 1. The molecule has 0 aromatic heterocycles. The molecule has 0 aliphatic carbocycles. The SMILES string of the molecule is COc1ccc(OC2C(=O)NN=C2C)cc1. The van der Waals surface area contributed by atoms with E-state index >= 15 is 0 Å². The lowest BCUT2D eigenvalue weighted by atomic mass is 10.2. The molecule has 1 aliphatic rings. The summed E-state index contributed by atoms with van der Waals surface area (Å²) in [4.78, 5) is 11.3. The van der Waals surface area contributed by atoms with E-state index in [1.54, 1.807) is 38.3 Å². The lowest BCUT2D eigenvalue weighted by Gasteiger charge is -2.11. The predicted octanol–water partition coefficient (Wildman–Crippen LogP) is 0.948. The summed E-state index contributed by atoms with van der Waals surface area (Å²) in [5.41, 5.74) is 2.99. The largest absolute Gasteiger partial charge is 0.497 e. The van der Waals surface area contributed by atoms with Gasteiger partial charge in [-0.15, -0.1) is 0 Å². The maximum absolute atomic E-state index is 11.3. The number of methoxy groups -OCH3 is 1. The Morgan fingerprint density at radius 3 is 2.38 bits per heavy atom. The first kappa shape index (κ1) is 10.5. The first-order valence-electron chi connectivity index (χ1n) is 4.85. The van der Waals surface area contributed by atoms with Crippen LogP contribution in [0, 0.1) is 0 Å². The van der Waals surface area contributed by atoms with Crippen LogP contribution in [0.1, 0.15) is 6.92 Å². The molecule has 1 N–H and O–H groups in total. The van der Waals surface area contributed by atoms with Crippen molar-refractivity contribution in [1.29, 1.82) is 0 Å². The highest BCUT2D eigenvalue weighted by Gasteiger charge is 2.28. The molecule has 1 heterocycles. The molecule has 1 aromatic carbocycles. The van der Waals surface area contributed by atoms with Gasteiger partial charge < -0.3 is 9.47 Å². The van der Waals surface area contributed by atoms with Crippen molar-refractivity contribution in [3.63, 3.8) is 0 Å². The number of hydrazone groups is 1. The summed E-state index contributed by atoms with van der Waals surface area (Å²) in [6, 6.07) is 7.04. The van der Waals surface area contributed by atoms with Crippen molar-refractivity contribution >= 4 is 11.6 Å². The predicted molar refractivity (Wildman–Crippen MR) is 58.7 cm³/mol. The molecule has 0 fully saturated rings. The van der Waals surface area contributed by atoms with Crippen LogP contribution in [-0.2, 0) is 4.79 Å². The third kappa shape index (κ3) is 1.98. The average molecular weight is 220 g/mol. The van der Waals surface area contributed by atoms with Gasteiger partial charge in [0, 0.05) is 0 Å². The molecule has 1 aliphatic heterocycles. The number of nitrogens with one attached hydrogen (secondary N) is 1. The quantitative estimate of drug-likeness (QED) is 0.825. The van der Waals surface area contributed by atoms with Crippen molar-refractivity contribution < 1.29 is 14.3 Å². The molecule has 1 aromatic rings. The van der Waals surface area contributed by atoms with Gasteiger partial charge in [0.15, 0.2) is 0 Å². The molecule has 0 spiro atoms. The Morgan fingerprint density at radius 2 is 1.88 bits per heavy atom. The second-order valence-corrected chi connectivity index (χ2v) is 3.40. The lowest BCUT2D eigenvalue weighted by Crippen LogP contribution is -2.33. The fourth-order valence-electron chi connectivity index (χ4n) is 1.38. The first-order valence-corrected chi connectivity index (χ1v) is 4.85. The molecule has 5 heteroatoms. The fraction of sp³-hybridized carbons (Fsp3) is 0.273. The Labute approximate surface area is 93.1 Å². The molecule has 84 valence electrons. The van der Waals surface area contributed by atoms with Crippen LogP contribution in [0.4, 0.5) is 0 Å². The lowest BCUT2D eigenvalue weighted by molar-refractivity contribution is -0.124. The molecule has 5 nitrogen and oxygen atoms in total. The molecular formula is C11H12N2O3. The number of hydrogen-bond acceptors (Lipinski definition) is 4. The van der Waals surface area contributed by atoms with Gasteiger partial charge in [0.25, 0.3) is 5.91 Å². The van der Waals surface area contributed by atoms with E-state index in [0.717, 1.165) is 5.75 Å². The van der Waals surface area contributed by atoms with Gasteiger partial charge in [-0.3, -0.25) is 4.79 Å². The normalized spacial score (nSPS) is 19.0. The van der Waals surface area contributed by atoms with Crippen molar-refractivity contribution in [3.05, 3.63) is 24.3 Å². The van der Waals surface area contributed by atoms with Gasteiger partial charge >= 0.3 is 0 Å². The van der Waals surface area contributed by atoms with Crippen LogP contribution in [0.3, 0.4) is 0 Å². The third-order valence-corrected chi connectivity index (χ3v) is 2.27. The van der Waals surface area contributed by atoms with Gasteiger partial charge in [-0.05, 0) is 31.2 Å². The molecular weight excluding hydrogens is 208 g/mol. The van der Waals surface area contributed by atoms with Gasteiger partial charge in [-0.25, -0.2) is 5.43 Å². The van der Waals surface area contributed by atoms with Crippen LogP contribution < -0.4 is 14.9 Å². The standard InChI is InChI=1S/C11H12N2O3/c1-7-10(11(14)13-12-7)16-9-5-3-8(15-2)4-6-9/h3-6,10H,1-2H3,(H,13,14). The Hall–Kier alpha value is -2.04. The Kier molecular flexibility index (Phi) is 2.76. The topological polar surface area (TPSA) is 59.9 Å². The van der Waals surface area contributed by atoms with Crippen LogP contribution in [0.25, 0.3) is 0 Å². The minimum atomic E-state index is -0.631. The van der Waals surface area contributed by atoms with E-state index in [2.05, 4.69) is 10.5 Å². The molecule has 1 atom stereocenters. The van der Waals surface area contributed by atoms with Crippen molar-refractivity contribution in [2.45, 2.75) is 13.0 Å². The third-order valence-electron chi connectivity index (χ3n) is 2.27. The van der Waals surface area contributed by atoms with E-state index < -0.39 is 6.10 Å². The summed E-state index contributed by atoms with van der Waals surface area (Å²) < 4.78 is 10.5. The zero-order valence-corrected chi connectivity index (χ0v) is 9.06. The summed E-state index contributed by atoms with van der Waals surface area (Å²) in [6.07, 6.45) is -0.631. The number of benzene rings is 1. The summed E-state index contributed by atoms with van der Waals surface area (Å²) in [7, 11) is 1.59. The fourth-order valence-corrected chi connectivity index (χ4v) is 1.38. The second-order valence-electron chi connectivity index (χ2n) is 3.40. The second kappa shape index (κ2) is 4.22. The summed E-state index contributed by atoms with van der Waals surface area (Å²) in [6.45, 7) is 1.74. The van der Waals surface area contributed by atoms with Gasteiger partial charge in [-0.1, -0.05) is 0 Å². The maximum atomic E-state index is 11.3. The van der Waals surface area contributed by atoms with E-state index in [1.165, 1.54) is 0 Å². The van der Waals surface area contributed by atoms with Crippen LogP contribution in [0.5, 0.6) is 11.5 Å². The number of rotatable bonds is 3. The Balaban J connectivity index is 2.09. The number of carbonyl (C=O) groups excluding carboxylic acids is 1. The molecule has 1 unspecified atom stereocenters. The van der Waals surface area contributed by atoms with Crippen LogP contribution in [0.2, 0.25) is 0 Å². The van der Waals surface area contributed by atoms with E-state index in [-0.39, 0.29) is 5.91 Å². The summed E-state index contributed by atoms with van der Waals surface area (Å²) in [5.74, 6) is 1.11. The van der Waals surface area contributed by atoms with Gasteiger partial charge in [0.05, 0.1) is 12.8 Å². The molecule has 1 amide bonds. The molecule has 0 saturated carbocycles. The van der Waals surface area contributed by atoms with Gasteiger partial charge in [0.2, 0.25) is 6.10 Å². The molecule has 0 radical (unpaired) electrons. The molecule has 16 heavy (non-hydrogen) atoms. The monoisotopic (exact) mass is 220 g/mol. The minimum absolute atomic E-state index is 0.242. The van der Waals surface area contributed by atoms with Crippen LogP contribution in [0.15, 0.2) is 29.4 Å². The molecule has 0 bridgehead atoms.